The van der Waals surface area contributed by atoms with Crippen LogP contribution in [0.3, 0.4) is 0 Å². The molecule has 7 heteroatoms. The van der Waals surface area contributed by atoms with Crippen molar-refractivity contribution < 1.29 is 9.26 Å². The Hall–Kier alpha value is -1.28. The van der Waals surface area contributed by atoms with E-state index in [2.05, 4.69) is 32.1 Å². The van der Waals surface area contributed by atoms with Crippen molar-refractivity contribution in [3.8, 4) is 0 Å². The fraction of sp³-hybridized carbons (Fsp3) is 0.647. The maximum atomic E-state index is 5.79. The molecule has 0 unspecified atom stereocenters. The Morgan fingerprint density at radius 3 is 2.62 bits per heavy atom. The van der Waals surface area contributed by atoms with E-state index in [0.717, 1.165) is 51.7 Å². The highest BCUT2D eigenvalue weighted by Gasteiger charge is 2.22. The average Bonchev–Trinajstić information content (AvgIpc) is 3.31. The highest BCUT2D eigenvalue weighted by molar-refractivity contribution is 7.12. The zero-order valence-electron chi connectivity index (χ0n) is 14.1. The number of ether oxygens (including phenoxy) is 1. The smallest absolute Gasteiger partial charge is 0.223 e. The van der Waals surface area contributed by atoms with Gasteiger partial charge < -0.3 is 9.26 Å². The van der Waals surface area contributed by atoms with Crippen LogP contribution in [0.4, 0.5) is 0 Å². The molecule has 6 nitrogen and oxygen atoms in total. The van der Waals surface area contributed by atoms with Gasteiger partial charge in [-0.05, 0) is 25.0 Å². The Morgan fingerprint density at radius 1 is 1.17 bits per heavy atom. The Balaban J connectivity index is 1.25. The van der Waals surface area contributed by atoms with Crippen molar-refractivity contribution in [1.82, 2.24) is 19.9 Å². The van der Waals surface area contributed by atoms with Crippen LogP contribution in [0.5, 0.6) is 0 Å². The second-order valence-electron chi connectivity index (χ2n) is 6.59. The minimum atomic E-state index is 0.346. The maximum absolute atomic E-state index is 5.79. The standard InChI is InChI=1S/C17H24N4O2S/c1-13-18-17(19-23-13)12-21-8-6-20(7-9-21)11-14-4-5-16(24-14)15-3-2-10-22-15/h4-5,15H,2-3,6-12H2,1H3/t15-/m0/s1. The molecule has 0 aromatic carbocycles. The number of aromatic nitrogens is 2. The zero-order chi connectivity index (χ0) is 16.4. The predicted molar refractivity (Wildman–Crippen MR) is 91.8 cm³/mol. The van der Waals surface area contributed by atoms with E-state index in [1.54, 1.807) is 0 Å². The molecule has 4 heterocycles. The lowest BCUT2D eigenvalue weighted by atomic mass is 10.2. The van der Waals surface area contributed by atoms with Gasteiger partial charge >= 0.3 is 0 Å². The molecule has 24 heavy (non-hydrogen) atoms. The highest BCUT2D eigenvalue weighted by atomic mass is 32.1. The van der Waals surface area contributed by atoms with Crippen LogP contribution in [0.2, 0.25) is 0 Å². The minimum Gasteiger partial charge on any atom is -0.373 e. The first-order valence-electron chi connectivity index (χ1n) is 8.70. The highest BCUT2D eigenvalue weighted by Crippen LogP contribution is 2.33. The third-order valence-electron chi connectivity index (χ3n) is 4.71. The number of thiophene rings is 1. The fourth-order valence-corrected chi connectivity index (χ4v) is 4.53. The second-order valence-corrected chi connectivity index (χ2v) is 7.79. The van der Waals surface area contributed by atoms with Gasteiger partial charge in [0.05, 0.1) is 12.6 Å². The van der Waals surface area contributed by atoms with Gasteiger partial charge in [0.25, 0.3) is 0 Å². The summed E-state index contributed by atoms with van der Waals surface area (Å²) in [7, 11) is 0. The Bertz CT molecular complexity index is 657. The van der Waals surface area contributed by atoms with Crippen molar-refractivity contribution in [3.63, 3.8) is 0 Å². The fourth-order valence-electron chi connectivity index (χ4n) is 3.39. The van der Waals surface area contributed by atoms with Gasteiger partial charge in [-0.1, -0.05) is 5.16 Å². The van der Waals surface area contributed by atoms with Gasteiger partial charge in [-0.2, -0.15) is 4.98 Å². The lowest BCUT2D eigenvalue weighted by Gasteiger charge is -2.33. The Labute approximate surface area is 146 Å². The van der Waals surface area contributed by atoms with Crippen LogP contribution < -0.4 is 0 Å². The normalized spacial score (nSPS) is 23.1. The summed E-state index contributed by atoms with van der Waals surface area (Å²) in [4.78, 5) is 12.1. The van der Waals surface area contributed by atoms with Gasteiger partial charge in [0.1, 0.15) is 0 Å². The monoisotopic (exact) mass is 348 g/mol. The molecule has 4 rings (SSSR count). The van der Waals surface area contributed by atoms with Gasteiger partial charge in [0.15, 0.2) is 5.82 Å². The molecule has 2 aliphatic heterocycles. The van der Waals surface area contributed by atoms with Gasteiger partial charge in [-0.25, -0.2) is 0 Å². The summed E-state index contributed by atoms with van der Waals surface area (Å²) in [5.74, 6) is 1.43. The number of aryl methyl sites for hydroxylation is 1. The molecule has 0 N–H and O–H groups in total. The van der Waals surface area contributed by atoms with E-state index in [0.29, 0.717) is 12.0 Å². The quantitative estimate of drug-likeness (QED) is 0.828. The summed E-state index contributed by atoms with van der Waals surface area (Å²) in [6.45, 7) is 8.86. The Morgan fingerprint density at radius 2 is 1.96 bits per heavy atom. The molecule has 2 fully saturated rings. The van der Waals surface area contributed by atoms with Crippen molar-refractivity contribution in [2.24, 2.45) is 0 Å². The Kier molecular flexibility index (Phi) is 4.93. The summed E-state index contributed by atoms with van der Waals surface area (Å²) in [5, 5.41) is 3.99. The van der Waals surface area contributed by atoms with Gasteiger partial charge in [-0.15, -0.1) is 11.3 Å². The van der Waals surface area contributed by atoms with Crippen LogP contribution >= 0.6 is 11.3 Å². The molecular formula is C17H24N4O2S. The van der Waals surface area contributed by atoms with E-state index in [-0.39, 0.29) is 0 Å². The molecular weight excluding hydrogens is 324 g/mol. The van der Waals surface area contributed by atoms with Crippen LogP contribution in [0, 0.1) is 6.92 Å². The summed E-state index contributed by atoms with van der Waals surface area (Å²) in [6.07, 6.45) is 2.72. The molecule has 0 bridgehead atoms. The van der Waals surface area contributed by atoms with E-state index in [1.807, 2.05) is 18.3 Å². The molecule has 1 atom stereocenters. The number of hydrogen-bond acceptors (Lipinski definition) is 7. The number of nitrogens with zero attached hydrogens (tertiary/aromatic N) is 4. The van der Waals surface area contributed by atoms with Crippen molar-refractivity contribution in [1.29, 1.82) is 0 Å². The molecule has 0 spiro atoms. The van der Waals surface area contributed by atoms with Crippen molar-refractivity contribution in [2.45, 2.75) is 39.0 Å². The number of hydrogen-bond donors (Lipinski definition) is 0. The summed E-state index contributed by atoms with van der Waals surface area (Å²) in [6, 6.07) is 4.53. The van der Waals surface area contributed by atoms with E-state index >= 15 is 0 Å². The van der Waals surface area contributed by atoms with Crippen LogP contribution in [0.1, 0.15) is 40.4 Å². The van der Waals surface area contributed by atoms with Gasteiger partial charge in [-0.3, -0.25) is 9.80 Å². The number of rotatable bonds is 5. The first kappa shape index (κ1) is 16.2. The SMILES string of the molecule is Cc1nc(CN2CCN(Cc3ccc([C@@H]4CCCO4)s3)CC2)no1. The molecule has 130 valence electrons. The first-order valence-corrected chi connectivity index (χ1v) is 9.52. The molecule has 0 saturated carbocycles. The molecule has 2 aromatic heterocycles. The van der Waals surface area contributed by atoms with Crippen LogP contribution in [-0.2, 0) is 17.8 Å². The number of piperazine rings is 1. The van der Waals surface area contributed by atoms with E-state index < -0.39 is 0 Å². The summed E-state index contributed by atoms with van der Waals surface area (Å²) >= 11 is 1.92. The minimum absolute atomic E-state index is 0.346. The van der Waals surface area contributed by atoms with Crippen LogP contribution in [-0.4, -0.2) is 52.7 Å². The third-order valence-corrected chi connectivity index (χ3v) is 5.87. The van der Waals surface area contributed by atoms with Gasteiger partial charge in [0.2, 0.25) is 5.89 Å². The average molecular weight is 348 g/mol. The summed E-state index contributed by atoms with van der Waals surface area (Å²) < 4.78 is 10.8. The maximum Gasteiger partial charge on any atom is 0.223 e. The molecule has 2 saturated heterocycles. The van der Waals surface area contributed by atoms with E-state index in [9.17, 15) is 0 Å². The molecule has 2 aromatic rings. The van der Waals surface area contributed by atoms with Crippen molar-refractivity contribution in [2.75, 3.05) is 32.8 Å². The molecule has 2 aliphatic rings. The summed E-state index contributed by atoms with van der Waals surface area (Å²) in [5.41, 5.74) is 0. The lowest BCUT2D eigenvalue weighted by Crippen LogP contribution is -2.45. The van der Waals surface area contributed by atoms with E-state index in [4.69, 9.17) is 9.26 Å². The molecule has 0 amide bonds. The molecule has 0 radical (unpaired) electrons. The third kappa shape index (κ3) is 3.85. The second kappa shape index (κ2) is 7.31. The van der Waals surface area contributed by atoms with Gasteiger partial charge in [0, 0.05) is 56.0 Å². The van der Waals surface area contributed by atoms with Crippen LogP contribution in [0.25, 0.3) is 0 Å². The van der Waals surface area contributed by atoms with Crippen molar-refractivity contribution >= 4 is 11.3 Å². The predicted octanol–water partition coefficient (Wildman–Crippen LogP) is 2.61. The lowest BCUT2D eigenvalue weighted by molar-refractivity contribution is 0.114. The topological polar surface area (TPSA) is 54.6 Å². The zero-order valence-corrected chi connectivity index (χ0v) is 14.9. The first-order chi connectivity index (χ1) is 11.8. The largest absolute Gasteiger partial charge is 0.373 e. The van der Waals surface area contributed by atoms with Crippen LogP contribution in [0.15, 0.2) is 16.7 Å². The van der Waals surface area contributed by atoms with E-state index in [1.165, 1.54) is 22.6 Å². The van der Waals surface area contributed by atoms with Crippen molar-refractivity contribution in [3.05, 3.63) is 33.6 Å². The molecule has 0 aliphatic carbocycles.